The van der Waals surface area contributed by atoms with E-state index in [0.717, 1.165) is 53.8 Å². The van der Waals surface area contributed by atoms with Crippen molar-refractivity contribution < 1.29 is 9.53 Å². The molecule has 32 heavy (non-hydrogen) atoms. The number of hydrogen-bond donors (Lipinski definition) is 1. The molecule has 1 aliphatic rings. The van der Waals surface area contributed by atoms with E-state index < -0.39 is 0 Å². The van der Waals surface area contributed by atoms with Crippen molar-refractivity contribution in [2.75, 3.05) is 25.6 Å². The lowest BCUT2D eigenvalue weighted by Crippen LogP contribution is -2.30. The molecule has 7 nitrogen and oxygen atoms in total. The molecule has 1 fully saturated rings. The fraction of sp³-hybridized carbons (Fsp3) is 0.360. The summed E-state index contributed by atoms with van der Waals surface area (Å²) in [5, 5.41) is 3.01. The van der Waals surface area contributed by atoms with Crippen LogP contribution >= 0.6 is 0 Å². The van der Waals surface area contributed by atoms with E-state index in [4.69, 9.17) is 9.72 Å². The SMILES string of the molecule is CN(C)c1ncc(-c2ccncc2)c(-c2ccc(CNC(=O)C[C@H]3CCCCO3)cc2)n1. The topological polar surface area (TPSA) is 80.2 Å². The van der Waals surface area contributed by atoms with Crippen LogP contribution in [0.15, 0.2) is 55.0 Å². The summed E-state index contributed by atoms with van der Waals surface area (Å²) >= 11 is 0. The number of pyridine rings is 1. The largest absolute Gasteiger partial charge is 0.378 e. The number of benzene rings is 1. The van der Waals surface area contributed by atoms with Crippen LogP contribution in [0.1, 0.15) is 31.2 Å². The van der Waals surface area contributed by atoms with Gasteiger partial charge in [0, 0.05) is 57.0 Å². The summed E-state index contributed by atoms with van der Waals surface area (Å²) in [5.74, 6) is 0.687. The van der Waals surface area contributed by atoms with Crippen molar-refractivity contribution in [3.05, 3.63) is 60.6 Å². The maximum Gasteiger partial charge on any atom is 0.225 e. The number of nitrogens with one attached hydrogen (secondary N) is 1. The lowest BCUT2D eigenvalue weighted by atomic mass is 10.0. The first kappa shape index (κ1) is 21.9. The van der Waals surface area contributed by atoms with E-state index in [0.29, 0.717) is 18.9 Å². The van der Waals surface area contributed by atoms with Crippen molar-refractivity contribution in [1.29, 1.82) is 0 Å². The van der Waals surface area contributed by atoms with Crippen LogP contribution in [-0.4, -0.2) is 47.7 Å². The van der Waals surface area contributed by atoms with Crippen LogP contribution in [0.3, 0.4) is 0 Å². The number of ether oxygens (including phenoxy) is 1. The molecule has 166 valence electrons. The van der Waals surface area contributed by atoms with Crippen LogP contribution in [0.4, 0.5) is 5.95 Å². The third-order valence-corrected chi connectivity index (χ3v) is 5.57. The van der Waals surface area contributed by atoms with Crippen LogP contribution in [0.5, 0.6) is 0 Å². The highest BCUT2D eigenvalue weighted by atomic mass is 16.5. The van der Waals surface area contributed by atoms with E-state index in [1.807, 2.05) is 61.6 Å². The monoisotopic (exact) mass is 431 g/mol. The minimum absolute atomic E-state index is 0.0346. The Morgan fingerprint density at radius 2 is 1.88 bits per heavy atom. The fourth-order valence-electron chi connectivity index (χ4n) is 3.78. The van der Waals surface area contributed by atoms with Gasteiger partial charge in [-0.1, -0.05) is 24.3 Å². The third kappa shape index (κ3) is 5.48. The molecule has 0 unspecified atom stereocenters. The Morgan fingerprint density at radius 1 is 1.09 bits per heavy atom. The van der Waals surface area contributed by atoms with Gasteiger partial charge in [0.1, 0.15) is 0 Å². The van der Waals surface area contributed by atoms with E-state index in [1.54, 1.807) is 12.4 Å². The van der Waals surface area contributed by atoms with Crippen molar-refractivity contribution >= 4 is 11.9 Å². The molecule has 0 spiro atoms. The number of carbonyl (C=O) groups is 1. The van der Waals surface area contributed by atoms with E-state index in [2.05, 4.69) is 15.3 Å². The highest BCUT2D eigenvalue weighted by Gasteiger charge is 2.17. The Balaban J connectivity index is 1.48. The first-order valence-corrected chi connectivity index (χ1v) is 11.0. The Hall–Kier alpha value is -3.32. The van der Waals surface area contributed by atoms with Gasteiger partial charge in [-0.25, -0.2) is 9.97 Å². The summed E-state index contributed by atoms with van der Waals surface area (Å²) in [5.41, 5.74) is 4.86. The highest BCUT2D eigenvalue weighted by Crippen LogP contribution is 2.31. The normalized spacial score (nSPS) is 15.9. The Bertz CT molecular complexity index is 1030. The van der Waals surface area contributed by atoms with Crippen LogP contribution in [-0.2, 0) is 16.1 Å². The second-order valence-electron chi connectivity index (χ2n) is 8.23. The van der Waals surface area contributed by atoms with Gasteiger partial charge in [-0.3, -0.25) is 9.78 Å². The summed E-state index contributed by atoms with van der Waals surface area (Å²) < 4.78 is 5.66. The van der Waals surface area contributed by atoms with E-state index in [-0.39, 0.29) is 12.0 Å². The number of nitrogens with zero attached hydrogens (tertiary/aromatic N) is 4. The molecule has 1 N–H and O–H groups in total. The first-order chi connectivity index (χ1) is 15.6. The minimum atomic E-state index is 0.0346. The maximum atomic E-state index is 12.3. The van der Waals surface area contributed by atoms with Crippen LogP contribution in [0, 0.1) is 0 Å². The molecule has 1 aromatic carbocycles. The average Bonchev–Trinajstić information content (AvgIpc) is 2.84. The average molecular weight is 432 g/mol. The molecule has 3 heterocycles. The zero-order chi connectivity index (χ0) is 22.3. The zero-order valence-corrected chi connectivity index (χ0v) is 18.6. The van der Waals surface area contributed by atoms with Crippen molar-refractivity contribution in [2.24, 2.45) is 0 Å². The predicted molar refractivity (Wildman–Crippen MR) is 125 cm³/mol. The maximum absolute atomic E-state index is 12.3. The molecule has 1 amide bonds. The molecule has 0 saturated carbocycles. The number of hydrogen-bond acceptors (Lipinski definition) is 6. The lowest BCUT2D eigenvalue weighted by molar-refractivity contribution is -0.125. The molecule has 1 atom stereocenters. The summed E-state index contributed by atoms with van der Waals surface area (Å²) in [7, 11) is 3.85. The van der Waals surface area contributed by atoms with Crippen molar-refractivity contribution in [3.63, 3.8) is 0 Å². The summed E-state index contributed by atoms with van der Waals surface area (Å²) in [6, 6.07) is 12.0. The number of carbonyl (C=O) groups excluding carboxylic acids is 1. The molecule has 0 radical (unpaired) electrons. The first-order valence-electron chi connectivity index (χ1n) is 11.0. The number of rotatable bonds is 7. The molecule has 4 rings (SSSR count). The lowest BCUT2D eigenvalue weighted by Gasteiger charge is -2.21. The van der Waals surface area contributed by atoms with Gasteiger partial charge >= 0.3 is 0 Å². The highest BCUT2D eigenvalue weighted by molar-refractivity contribution is 5.81. The van der Waals surface area contributed by atoms with Gasteiger partial charge in [-0.15, -0.1) is 0 Å². The molecule has 2 aromatic heterocycles. The summed E-state index contributed by atoms with van der Waals surface area (Å²) in [4.78, 5) is 27.5. The van der Waals surface area contributed by atoms with E-state index in [1.165, 1.54) is 0 Å². The second kappa shape index (κ2) is 10.3. The Morgan fingerprint density at radius 3 is 2.56 bits per heavy atom. The summed E-state index contributed by atoms with van der Waals surface area (Å²) in [6.07, 6.45) is 9.08. The smallest absolute Gasteiger partial charge is 0.225 e. The quantitative estimate of drug-likeness (QED) is 0.612. The Labute approximate surface area is 188 Å². The van der Waals surface area contributed by atoms with Crippen LogP contribution in [0.2, 0.25) is 0 Å². The molecule has 0 aliphatic carbocycles. The molecule has 1 aliphatic heterocycles. The predicted octanol–water partition coefficient (Wildman–Crippen LogP) is 3.85. The standard InChI is InChI=1S/C25H29N5O2/c1-30(2)25-28-17-22(19-10-12-26-13-11-19)24(29-25)20-8-6-18(7-9-20)16-27-23(31)15-21-5-3-4-14-32-21/h6-13,17,21H,3-5,14-16H2,1-2H3,(H,27,31)/t21-/m1/s1. The molecule has 3 aromatic rings. The van der Waals surface area contributed by atoms with Gasteiger partial charge in [0.15, 0.2) is 0 Å². The van der Waals surface area contributed by atoms with E-state index in [9.17, 15) is 4.79 Å². The van der Waals surface area contributed by atoms with Crippen molar-refractivity contribution in [1.82, 2.24) is 20.3 Å². The zero-order valence-electron chi connectivity index (χ0n) is 18.6. The molecule has 7 heteroatoms. The fourth-order valence-corrected chi connectivity index (χ4v) is 3.78. The number of aromatic nitrogens is 3. The molecule has 1 saturated heterocycles. The van der Waals surface area contributed by atoms with Gasteiger partial charge in [0.2, 0.25) is 11.9 Å². The van der Waals surface area contributed by atoms with Gasteiger partial charge in [0.05, 0.1) is 18.2 Å². The van der Waals surface area contributed by atoms with Crippen molar-refractivity contribution in [2.45, 2.75) is 38.3 Å². The molecular formula is C25H29N5O2. The summed E-state index contributed by atoms with van der Waals surface area (Å²) in [6.45, 7) is 1.26. The van der Waals surface area contributed by atoms with Crippen molar-refractivity contribution in [3.8, 4) is 22.4 Å². The van der Waals surface area contributed by atoms with Crippen LogP contribution < -0.4 is 10.2 Å². The molecule has 0 bridgehead atoms. The van der Waals surface area contributed by atoms with Gasteiger partial charge in [-0.05, 0) is 42.5 Å². The van der Waals surface area contributed by atoms with Gasteiger partial charge < -0.3 is 15.0 Å². The van der Waals surface area contributed by atoms with E-state index >= 15 is 0 Å². The third-order valence-electron chi connectivity index (χ3n) is 5.57. The number of amides is 1. The molecular weight excluding hydrogens is 402 g/mol. The second-order valence-corrected chi connectivity index (χ2v) is 8.23. The minimum Gasteiger partial charge on any atom is -0.378 e. The Kier molecular flexibility index (Phi) is 7.07. The van der Waals surface area contributed by atoms with Gasteiger partial charge in [-0.2, -0.15) is 0 Å². The van der Waals surface area contributed by atoms with Gasteiger partial charge in [0.25, 0.3) is 0 Å². The number of anilines is 1. The van der Waals surface area contributed by atoms with Crippen LogP contribution in [0.25, 0.3) is 22.4 Å².